The molecular weight excluding hydrogens is 298 g/mol. The summed E-state index contributed by atoms with van der Waals surface area (Å²) in [5, 5.41) is 3.44. The maximum absolute atomic E-state index is 5.64. The quantitative estimate of drug-likeness (QED) is 0.790. The van der Waals surface area contributed by atoms with Crippen LogP contribution >= 0.6 is 12.4 Å². The molecule has 0 atom stereocenters. The molecule has 0 fully saturated rings. The van der Waals surface area contributed by atoms with Gasteiger partial charge in [0.2, 0.25) is 0 Å². The Labute approximate surface area is 139 Å². The third-order valence-corrected chi connectivity index (χ3v) is 3.11. The number of hydrogen-bond acceptors (Lipinski definition) is 3. The Kier molecular flexibility index (Phi) is 8.41. The lowest BCUT2D eigenvalue weighted by Gasteiger charge is -2.13. The van der Waals surface area contributed by atoms with Gasteiger partial charge in [-0.25, -0.2) is 0 Å². The molecule has 0 aliphatic carbocycles. The zero-order chi connectivity index (χ0) is 14.9. The lowest BCUT2D eigenvalue weighted by Crippen LogP contribution is -2.12. The Morgan fingerprint density at radius 1 is 0.773 bits per heavy atom. The molecule has 2 aromatic carbocycles. The lowest BCUT2D eigenvalue weighted by atomic mass is 10.2. The molecule has 0 amide bonds. The molecule has 0 heterocycles. The van der Waals surface area contributed by atoms with E-state index in [1.165, 1.54) is 11.1 Å². The SMILES string of the molecule is CCOc1ccc(CNCc2ccccc2)cc1OCC.Cl. The van der Waals surface area contributed by atoms with Crippen molar-refractivity contribution in [1.29, 1.82) is 0 Å². The Hall–Kier alpha value is -1.71. The minimum Gasteiger partial charge on any atom is -0.490 e. The van der Waals surface area contributed by atoms with E-state index in [0.29, 0.717) is 13.2 Å². The Morgan fingerprint density at radius 2 is 1.41 bits per heavy atom. The first kappa shape index (κ1) is 18.3. The molecule has 120 valence electrons. The third-order valence-electron chi connectivity index (χ3n) is 3.11. The molecule has 2 aromatic rings. The highest BCUT2D eigenvalue weighted by Gasteiger charge is 2.05. The average molecular weight is 322 g/mol. The van der Waals surface area contributed by atoms with Crippen molar-refractivity contribution >= 4 is 12.4 Å². The monoisotopic (exact) mass is 321 g/mol. The predicted octanol–water partition coefficient (Wildman–Crippen LogP) is 4.20. The van der Waals surface area contributed by atoms with Crippen LogP contribution in [0.4, 0.5) is 0 Å². The van der Waals surface area contributed by atoms with Gasteiger partial charge in [-0.15, -0.1) is 12.4 Å². The van der Waals surface area contributed by atoms with E-state index in [1.54, 1.807) is 0 Å². The van der Waals surface area contributed by atoms with Gasteiger partial charge in [0.25, 0.3) is 0 Å². The number of ether oxygens (including phenoxy) is 2. The van der Waals surface area contributed by atoms with Crippen LogP contribution in [0.1, 0.15) is 25.0 Å². The molecule has 0 saturated carbocycles. The Balaban J connectivity index is 0.00000242. The summed E-state index contributed by atoms with van der Waals surface area (Å²) in [4.78, 5) is 0. The summed E-state index contributed by atoms with van der Waals surface area (Å²) in [7, 11) is 0. The van der Waals surface area contributed by atoms with Crippen molar-refractivity contribution in [3.8, 4) is 11.5 Å². The zero-order valence-electron chi connectivity index (χ0n) is 13.2. The summed E-state index contributed by atoms with van der Waals surface area (Å²) in [6.45, 7) is 6.91. The van der Waals surface area contributed by atoms with Crippen molar-refractivity contribution in [3.05, 3.63) is 59.7 Å². The average Bonchev–Trinajstić information content (AvgIpc) is 2.51. The van der Waals surface area contributed by atoms with Crippen LogP contribution < -0.4 is 14.8 Å². The van der Waals surface area contributed by atoms with Gasteiger partial charge in [-0.2, -0.15) is 0 Å². The molecule has 1 N–H and O–H groups in total. The van der Waals surface area contributed by atoms with E-state index in [2.05, 4.69) is 35.6 Å². The van der Waals surface area contributed by atoms with Crippen molar-refractivity contribution in [3.63, 3.8) is 0 Å². The van der Waals surface area contributed by atoms with Gasteiger partial charge in [0.1, 0.15) is 0 Å². The van der Waals surface area contributed by atoms with Gasteiger partial charge in [0.15, 0.2) is 11.5 Å². The van der Waals surface area contributed by atoms with Crippen LogP contribution in [0.3, 0.4) is 0 Å². The van der Waals surface area contributed by atoms with Gasteiger partial charge >= 0.3 is 0 Å². The first-order valence-corrected chi connectivity index (χ1v) is 7.46. The number of nitrogens with one attached hydrogen (secondary N) is 1. The minimum absolute atomic E-state index is 0. The molecule has 2 rings (SSSR count). The lowest BCUT2D eigenvalue weighted by molar-refractivity contribution is 0.287. The molecule has 4 heteroatoms. The molecule has 0 saturated heterocycles. The molecule has 0 radical (unpaired) electrons. The van der Waals surface area contributed by atoms with E-state index < -0.39 is 0 Å². The van der Waals surface area contributed by atoms with Crippen molar-refractivity contribution in [2.24, 2.45) is 0 Å². The second-order valence-electron chi connectivity index (χ2n) is 4.74. The maximum atomic E-state index is 5.64. The standard InChI is InChI=1S/C18H23NO2.ClH/c1-3-20-17-11-10-16(12-18(17)21-4-2)14-19-13-15-8-6-5-7-9-15;/h5-12,19H,3-4,13-14H2,1-2H3;1H. The van der Waals surface area contributed by atoms with E-state index in [4.69, 9.17) is 9.47 Å². The van der Waals surface area contributed by atoms with Crippen LogP contribution in [0.15, 0.2) is 48.5 Å². The fraction of sp³-hybridized carbons (Fsp3) is 0.333. The summed E-state index contributed by atoms with van der Waals surface area (Å²) in [5.41, 5.74) is 2.48. The normalized spacial score (nSPS) is 9.91. The number of rotatable bonds is 8. The minimum atomic E-state index is 0. The van der Waals surface area contributed by atoms with Gasteiger partial charge in [-0.05, 0) is 37.1 Å². The fourth-order valence-corrected chi connectivity index (χ4v) is 2.15. The molecule has 0 aliphatic heterocycles. The summed E-state index contributed by atoms with van der Waals surface area (Å²) in [6.07, 6.45) is 0. The van der Waals surface area contributed by atoms with E-state index in [1.807, 2.05) is 32.0 Å². The summed E-state index contributed by atoms with van der Waals surface area (Å²) < 4.78 is 11.2. The van der Waals surface area contributed by atoms with Gasteiger partial charge < -0.3 is 14.8 Å². The summed E-state index contributed by atoms with van der Waals surface area (Å²) in [5.74, 6) is 1.63. The van der Waals surface area contributed by atoms with Gasteiger partial charge in [0.05, 0.1) is 13.2 Å². The first-order chi connectivity index (χ1) is 10.3. The van der Waals surface area contributed by atoms with E-state index >= 15 is 0 Å². The fourth-order valence-electron chi connectivity index (χ4n) is 2.15. The molecule has 0 spiro atoms. The topological polar surface area (TPSA) is 30.5 Å². The molecule has 0 aliphatic rings. The molecule has 0 unspecified atom stereocenters. The maximum Gasteiger partial charge on any atom is 0.161 e. The number of hydrogen-bond donors (Lipinski definition) is 1. The van der Waals surface area contributed by atoms with Crippen LogP contribution in [0.2, 0.25) is 0 Å². The largest absolute Gasteiger partial charge is 0.490 e. The Bertz CT molecular complexity index is 546. The van der Waals surface area contributed by atoms with Crippen molar-refractivity contribution < 1.29 is 9.47 Å². The van der Waals surface area contributed by atoms with Crippen LogP contribution in [0.5, 0.6) is 11.5 Å². The van der Waals surface area contributed by atoms with E-state index in [9.17, 15) is 0 Å². The molecular formula is C18H24ClNO2. The summed E-state index contributed by atoms with van der Waals surface area (Å²) in [6, 6.07) is 16.5. The highest BCUT2D eigenvalue weighted by Crippen LogP contribution is 2.28. The van der Waals surface area contributed by atoms with Gasteiger partial charge in [-0.3, -0.25) is 0 Å². The highest BCUT2D eigenvalue weighted by molar-refractivity contribution is 5.85. The van der Waals surface area contributed by atoms with Crippen LogP contribution in [-0.4, -0.2) is 13.2 Å². The predicted molar refractivity (Wildman–Crippen MR) is 93.0 cm³/mol. The van der Waals surface area contributed by atoms with Crippen LogP contribution in [0, 0.1) is 0 Å². The number of halogens is 1. The second-order valence-corrected chi connectivity index (χ2v) is 4.74. The molecule has 0 bridgehead atoms. The van der Waals surface area contributed by atoms with Gasteiger partial charge in [-0.1, -0.05) is 36.4 Å². The number of benzene rings is 2. The highest BCUT2D eigenvalue weighted by atomic mass is 35.5. The van der Waals surface area contributed by atoms with Crippen molar-refractivity contribution in [1.82, 2.24) is 5.32 Å². The van der Waals surface area contributed by atoms with Crippen LogP contribution in [0.25, 0.3) is 0 Å². The third kappa shape index (κ3) is 5.58. The van der Waals surface area contributed by atoms with E-state index in [-0.39, 0.29) is 12.4 Å². The molecule has 0 aromatic heterocycles. The Morgan fingerprint density at radius 3 is 2.09 bits per heavy atom. The zero-order valence-corrected chi connectivity index (χ0v) is 14.0. The molecule has 3 nitrogen and oxygen atoms in total. The van der Waals surface area contributed by atoms with Crippen molar-refractivity contribution in [2.45, 2.75) is 26.9 Å². The van der Waals surface area contributed by atoms with Crippen molar-refractivity contribution in [2.75, 3.05) is 13.2 Å². The van der Waals surface area contributed by atoms with Gasteiger partial charge in [0, 0.05) is 13.1 Å². The second kappa shape index (κ2) is 10.1. The smallest absolute Gasteiger partial charge is 0.161 e. The molecule has 22 heavy (non-hydrogen) atoms. The first-order valence-electron chi connectivity index (χ1n) is 7.46. The van der Waals surface area contributed by atoms with E-state index in [0.717, 1.165) is 24.6 Å². The summed E-state index contributed by atoms with van der Waals surface area (Å²) >= 11 is 0. The van der Waals surface area contributed by atoms with Crippen LogP contribution in [-0.2, 0) is 13.1 Å².